The molecule has 1 amide bonds. The quantitative estimate of drug-likeness (QED) is 0.806. The summed E-state index contributed by atoms with van der Waals surface area (Å²) >= 11 is 0. The molecule has 0 saturated heterocycles. The fourth-order valence-electron chi connectivity index (χ4n) is 2.15. The molecule has 0 spiro atoms. The van der Waals surface area contributed by atoms with Crippen molar-refractivity contribution in [1.29, 1.82) is 0 Å². The Balaban J connectivity index is 1.62. The van der Waals surface area contributed by atoms with Crippen LogP contribution >= 0.6 is 0 Å². The van der Waals surface area contributed by atoms with Crippen molar-refractivity contribution in [2.45, 2.75) is 30.2 Å². The highest BCUT2D eigenvalue weighted by Gasteiger charge is 2.28. The number of hydrogen-bond donors (Lipinski definition) is 2. The van der Waals surface area contributed by atoms with Gasteiger partial charge in [-0.05, 0) is 43.2 Å². The Morgan fingerprint density at radius 1 is 1.22 bits per heavy atom. The van der Waals surface area contributed by atoms with E-state index in [9.17, 15) is 13.2 Å². The molecule has 1 aromatic carbocycles. The number of carbonyl (C=O) groups is 1. The fraction of sp³-hybridized carbons (Fsp3) is 0.312. The Bertz CT molecular complexity index is 780. The summed E-state index contributed by atoms with van der Waals surface area (Å²) in [6.45, 7) is 0.420. The molecule has 0 bridgehead atoms. The monoisotopic (exact) mass is 334 g/mol. The summed E-state index contributed by atoms with van der Waals surface area (Å²) in [6.07, 6.45) is 3.90. The van der Waals surface area contributed by atoms with Crippen LogP contribution in [0.5, 0.6) is 0 Å². The molecule has 1 aliphatic carbocycles. The van der Waals surface area contributed by atoms with E-state index in [1.807, 2.05) is 6.07 Å². The van der Waals surface area contributed by atoms with Gasteiger partial charge >= 0.3 is 0 Å². The van der Waals surface area contributed by atoms with E-state index in [0.717, 1.165) is 18.6 Å². The molecule has 2 N–H and O–H groups in total. The van der Waals surface area contributed by atoms with Gasteiger partial charge in [-0.15, -0.1) is 0 Å². The highest BCUT2D eigenvalue weighted by Crippen LogP contribution is 2.22. The molecular formula is C16H18N2O4S. The summed E-state index contributed by atoms with van der Waals surface area (Å²) in [4.78, 5) is 12.2. The highest BCUT2D eigenvalue weighted by molar-refractivity contribution is 7.89. The number of nitrogens with one attached hydrogen (secondary N) is 2. The third-order valence-corrected chi connectivity index (χ3v) is 5.06. The Kier molecular flexibility index (Phi) is 4.49. The van der Waals surface area contributed by atoms with E-state index in [1.54, 1.807) is 24.5 Å². The van der Waals surface area contributed by atoms with E-state index in [2.05, 4.69) is 10.0 Å². The van der Waals surface area contributed by atoms with E-state index in [-0.39, 0.29) is 16.8 Å². The molecule has 7 heteroatoms. The van der Waals surface area contributed by atoms with Crippen molar-refractivity contribution in [2.75, 3.05) is 6.54 Å². The zero-order valence-corrected chi connectivity index (χ0v) is 13.3. The van der Waals surface area contributed by atoms with Crippen LogP contribution in [0.25, 0.3) is 0 Å². The van der Waals surface area contributed by atoms with Gasteiger partial charge in [0, 0.05) is 24.6 Å². The van der Waals surface area contributed by atoms with Gasteiger partial charge < -0.3 is 9.73 Å². The van der Waals surface area contributed by atoms with Crippen molar-refractivity contribution in [3.63, 3.8) is 0 Å². The van der Waals surface area contributed by atoms with Gasteiger partial charge in [-0.3, -0.25) is 4.79 Å². The van der Waals surface area contributed by atoms with E-state index in [1.165, 1.54) is 12.1 Å². The van der Waals surface area contributed by atoms with Gasteiger partial charge in [0.15, 0.2) is 0 Å². The standard InChI is InChI=1S/C16H18N2O4S/c19-16(17-9-8-14-4-2-10-22-14)12-3-1-5-15(11-12)23(20,21)18-13-6-7-13/h1-5,10-11,13,18H,6-9H2,(H,17,19). The van der Waals surface area contributed by atoms with Gasteiger partial charge in [-0.25, -0.2) is 13.1 Å². The van der Waals surface area contributed by atoms with Crippen LogP contribution in [-0.4, -0.2) is 26.9 Å². The number of carbonyl (C=O) groups excluding carboxylic acids is 1. The van der Waals surface area contributed by atoms with Gasteiger partial charge in [-0.1, -0.05) is 6.07 Å². The predicted octanol–water partition coefficient (Wildman–Crippen LogP) is 1.69. The maximum absolute atomic E-state index is 12.2. The maximum atomic E-state index is 12.2. The average molecular weight is 334 g/mol. The molecule has 6 nitrogen and oxygen atoms in total. The van der Waals surface area contributed by atoms with Crippen molar-refractivity contribution in [3.05, 3.63) is 54.0 Å². The van der Waals surface area contributed by atoms with E-state index in [0.29, 0.717) is 18.5 Å². The Morgan fingerprint density at radius 3 is 2.74 bits per heavy atom. The van der Waals surface area contributed by atoms with Gasteiger partial charge in [0.25, 0.3) is 5.91 Å². The lowest BCUT2D eigenvalue weighted by Gasteiger charge is -2.08. The normalized spacial score (nSPS) is 14.6. The summed E-state index contributed by atoms with van der Waals surface area (Å²) in [5, 5.41) is 2.75. The van der Waals surface area contributed by atoms with Crippen LogP contribution in [0.15, 0.2) is 52.0 Å². The number of sulfonamides is 1. The van der Waals surface area contributed by atoms with Crippen LogP contribution in [0.2, 0.25) is 0 Å². The number of rotatable bonds is 7. The van der Waals surface area contributed by atoms with E-state index < -0.39 is 10.0 Å². The molecule has 23 heavy (non-hydrogen) atoms. The van der Waals surface area contributed by atoms with Gasteiger partial charge in [0.1, 0.15) is 5.76 Å². The number of furan rings is 1. The van der Waals surface area contributed by atoms with Crippen LogP contribution in [0, 0.1) is 0 Å². The lowest BCUT2D eigenvalue weighted by molar-refractivity contribution is 0.0953. The highest BCUT2D eigenvalue weighted by atomic mass is 32.2. The zero-order valence-electron chi connectivity index (χ0n) is 12.5. The van der Waals surface area contributed by atoms with Crippen molar-refractivity contribution in [1.82, 2.24) is 10.0 Å². The largest absolute Gasteiger partial charge is 0.469 e. The first kappa shape index (κ1) is 15.8. The maximum Gasteiger partial charge on any atom is 0.251 e. The number of amides is 1. The second kappa shape index (κ2) is 6.55. The smallest absolute Gasteiger partial charge is 0.251 e. The van der Waals surface area contributed by atoms with Crippen molar-refractivity contribution >= 4 is 15.9 Å². The predicted molar refractivity (Wildman–Crippen MR) is 84.5 cm³/mol. The molecule has 1 saturated carbocycles. The summed E-state index contributed by atoms with van der Waals surface area (Å²) in [6, 6.07) is 9.71. The molecule has 0 atom stereocenters. The SMILES string of the molecule is O=C(NCCc1ccco1)c1cccc(S(=O)(=O)NC2CC2)c1. The van der Waals surface area contributed by atoms with Crippen molar-refractivity contribution in [3.8, 4) is 0 Å². The van der Waals surface area contributed by atoms with Crippen molar-refractivity contribution in [2.24, 2.45) is 0 Å². The summed E-state index contributed by atoms with van der Waals surface area (Å²) < 4.78 is 32.1. The summed E-state index contributed by atoms with van der Waals surface area (Å²) in [5.41, 5.74) is 0.322. The van der Waals surface area contributed by atoms with Crippen molar-refractivity contribution < 1.29 is 17.6 Å². The zero-order chi connectivity index (χ0) is 16.3. The van der Waals surface area contributed by atoms with Crippen LogP contribution in [0.3, 0.4) is 0 Å². The molecular weight excluding hydrogens is 316 g/mol. The molecule has 1 aromatic heterocycles. The minimum atomic E-state index is -3.55. The van der Waals surface area contributed by atoms with Gasteiger partial charge in [0.05, 0.1) is 11.2 Å². The lowest BCUT2D eigenvalue weighted by atomic mass is 10.2. The molecule has 0 radical (unpaired) electrons. The molecule has 1 aliphatic rings. The summed E-state index contributed by atoms with van der Waals surface area (Å²) in [7, 11) is -3.55. The topological polar surface area (TPSA) is 88.4 Å². The van der Waals surface area contributed by atoms with Gasteiger partial charge in [0.2, 0.25) is 10.0 Å². The number of benzene rings is 1. The third-order valence-electron chi connectivity index (χ3n) is 3.54. The molecule has 2 aromatic rings. The van der Waals surface area contributed by atoms with Gasteiger partial charge in [-0.2, -0.15) is 0 Å². The minimum Gasteiger partial charge on any atom is -0.469 e. The first-order chi connectivity index (χ1) is 11.0. The van der Waals surface area contributed by atoms with E-state index >= 15 is 0 Å². The fourth-order valence-corrected chi connectivity index (χ4v) is 3.50. The van der Waals surface area contributed by atoms with Crippen LogP contribution in [0.4, 0.5) is 0 Å². The van der Waals surface area contributed by atoms with E-state index in [4.69, 9.17) is 4.42 Å². The Labute approximate surface area is 134 Å². The van der Waals surface area contributed by atoms with Crippen LogP contribution in [-0.2, 0) is 16.4 Å². The molecule has 1 heterocycles. The Hall–Kier alpha value is -2.12. The Morgan fingerprint density at radius 2 is 2.04 bits per heavy atom. The molecule has 0 unspecified atom stereocenters. The summed E-state index contributed by atoms with van der Waals surface area (Å²) in [5.74, 6) is 0.482. The lowest BCUT2D eigenvalue weighted by Crippen LogP contribution is -2.27. The molecule has 1 fully saturated rings. The minimum absolute atomic E-state index is 0.0331. The second-order valence-electron chi connectivity index (χ2n) is 5.51. The van der Waals surface area contributed by atoms with Crippen LogP contribution in [0.1, 0.15) is 29.0 Å². The molecule has 0 aliphatic heterocycles. The number of hydrogen-bond acceptors (Lipinski definition) is 4. The molecule has 3 rings (SSSR count). The second-order valence-corrected chi connectivity index (χ2v) is 7.22. The first-order valence-corrected chi connectivity index (χ1v) is 8.96. The first-order valence-electron chi connectivity index (χ1n) is 7.47. The third kappa shape index (κ3) is 4.20. The molecule has 122 valence electrons. The van der Waals surface area contributed by atoms with Crippen LogP contribution < -0.4 is 10.0 Å². The average Bonchev–Trinajstić information content (AvgIpc) is 3.18.